The van der Waals surface area contributed by atoms with Crippen molar-refractivity contribution in [2.45, 2.75) is 38.1 Å². The lowest BCUT2D eigenvalue weighted by Crippen LogP contribution is -2.23. The Morgan fingerprint density at radius 3 is 2.64 bits per heavy atom. The molecule has 1 amide bonds. The monoisotopic (exact) mass is 317 g/mol. The first-order chi connectivity index (χ1) is 10.3. The van der Waals surface area contributed by atoms with Crippen molar-refractivity contribution in [1.82, 2.24) is 9.97 Å². The lowest BCUT2D eigenvalue weighted by molar-refractivity contribution is -0.115. The van der Waals surface area contributed by atoms with Crippen LogP contribution < -0.4 is 10.9 Å². The van der Waals surface area contributed by atoms with E-state index in [1.54, 1.807) is 13.8 Å². The number of hydrogen-bond acceptors (Lipinski definition) is 4. The number of rotatable bonds is 4. The van der Waals surface area contributed by atoms with Gasteiger partial charge >= 0.3 is 0 Å². The van der Waals surface area contributed by atoms with Gasteiger partial charge in [0.1, 0.15) is 0 Å². The Bertz CT molecular complexity index is 755. The summed E-state index contributed by atoms with van der Waals surface area (Å²) >= 11 is 1.23. The molecular weight excluding hydrogens is 298 g/mol. The number of nitrogens with one attached hydrogen (secondary N) is 2. The molecule has 0 aliphatic rings. The van der Waals surface area contributed by atoms with Gasteiger partial charge in [-0.05, 0) is 39.3 Å². The Labute approximate surface area is 133 Å². The molecule has 0 fully saturated rings. The van der Waals surface area contributed by atoms with Gasteiger partial charge in [-0.15, -0.1) is 0 Å². The quantitative estimate of drug-likeness (QED) is 0.671. The third kappa shape index (κ3) is 4.21. The second-order valence-corrected chi connectivity index (χ2v) is 6.59. The van der Waals surface area contributed by atoms with E-state index in [0.29, 0.717) is 10.9 Å². The molecular formula is C16H19N3O2S. The molecule has 2 N–H and O–H groups in total. The molecule has 2 rings (SSSR count). The number of nitrogens with zero attached hydrogens (tertiary/aromatic N) is 1. The number of hydrogen-bond donors (Lipinski definition) is 2. The van der Waals surface area contributed by atoms with Crippen molar-refractivity contribution in [2.75, 3.05) is 5.32 Å². The van der Waals surface area contributed by atoms with E-state index in [2.05, 4.69) is 15.3 Å². The number of amides is 1. The Morgan fingerprint density at radius 2 is 2.00 bits per heavy atom. The van der Waals surface area contributed by atoms with Gasteiger partial charge in [0.2, 0.25) is 5.91 Å². The Morgan fingerprint density at radius 1 is 1.27 bits per heavy atom. The molecule has 1 heterocycles. The number of carbonyl (C=O) groups excluding carboxylic acids is 1. The van der Waals surface area contributed by atoms with Crippen LogP contribution in [0.1, 0.15) is 23.7 Å². The number of anilines is 1. The number of carbonyl (C=O) groups is 1. The third-order valence-corrected chi connectivity index (χ3v) is 4.13. The number of H-pyrrole nitrogens is 1. The van der Waals surface area contributed by atoms with Crippen LogP contribution in [0.4, 0.5) is 5.69 Å². The van der Waals surface area contributed by atoms with Gasteiger partial charge in [0.15, 0.2) is 5.16 Å². The average molecular weight is 317 g/mol. The molecule has 1 aromatic heterocycles. The van der Waals surface area contributed by atoms with Gasteiger partial charge in [0.25, 0.3) is 5.56 Å². The molecule has 0 saturated heterocycles. The molecule has 0 saturated carbocycles. The maximum Gasteiger partial charge on any atom is 0.251 e. The highest BCUT2D eigenvalue weighted by Gasteiger charge is 2.16. The first-order valence-electron chi connectivity index (χ1n) is 6.98. The molecule has 5 nitrogen and oxygen atoms in total. The van der Waals surface area contributed by atoms with E-state index in [9.17, 15) is 9.59 Å². The molecule has 0 unspecified atom stereocenters. The smallest absolute Gasteiger partial charge is 0.251 e. The summed E-state index contributed by atoms with van der Waals surface area (Å²) in [6.45, 7) is 7.50. The molecule has 1 aromatic carbocycles. The molecule has 0 aliphatic heterocycles. The fourth-order valence-corrected chi connectivity index (χ4v) is 2.87. The van der Waals surface area contributed by atoms with E-state index in [-0.39, 0.29) is 16.7 Å². The summed E-state index contributed by atoms with van der Waals surface area (Å²) in [5.41, 5.74) is 3.39. The molecule has 0 bridgehead atoms. The topological polar surface area (TPSA) is 74.8 Å². The Hall–Kier alpha value is -2.08. The van der Waals surface area contributed by atoms with Gasteiger partial charge in [0, 0.05) is 17.4 Å². The average Bonchev–Trinajstić information content (AvgIpc) is 2.40. The highest BCUT2D eigenvalue weighted by Crippen LogP contribution is 2.21. The minimum absolute atomic E-state index is 0.124. The third-order valence-electron chi connectivity index (χ3n) is 3.15. The summed E-state index contributed by atoms with van der Waals surface area (Å²) in [4.78, 5) is 30.5. The zero-order chi connectivity index (χ0) is 16.3. The minimum atomic E-state index is -0.370. The van der Waals surface area contributed by atoms with E-state index >= 15 is 0 Å². The molecule has 22 heavy (non-hydrogen) atoms. The Balaban J connectivity index is 2.07. The second kappa shape index (κ2) is 6.79. The van der Waals surface area contributed by atoms with Crippen LogP contribution in [-0.2, 0) is 4.79 Å². The highest BCUT2D eigenvalue weighted by molar-refractivity contribution is 8.00. The summed E-state index contributed by atoms with van der Waals surface area (Å²) in [6, 6.07) is 7.30. The van der Waals surface area contributed by atoms with Crippen molar-refractivity contribution >= 4 is 23.4 Å². The maximum atomic E-state index is 12.3. The van der Waals surface area contributed by atoms with Crippen LogP contribution in [0.3, 0.4) is 0 Å². The molecule has 0 spiro atoms. The van der Waals surface area contributed by atoms with E-state index in [0.717, 1.165) is 16.8 Å². The summed E-state index contributed by atoms with van der Waals surface area (Å²) in [6.07, 6.45) is 0. The molecule has 2 aromatic rings. The predicted molar refractivity (Wildman–Crippen MR) is 89.5 cm³/mol. The number of aryl methyl sites for hydroxylation is 3. The van der Waals surface area contributed by atoms with Crippen LogP contribution in [0, 0.1) is 20.8 Å². The molecule has 0 radical (unpaired) electrons. The molecule has 116 valence electrons. The van der Waals surface area contributed by atoms with Crippen molar-refractivity contribution in [1.29, 1.82) is 0 Å². The summed E-state index contributed by atoms with van der Waals surface area (Å²) in [7, 11) is 0. The number of thioether (sulfide) groups is 1. The fraction of sp³-hybridized carbons (Fsp3) is 0.312. The van der Waals surface area contributed by atoms with Crippen LogP contribution >= 0.6 is 11.8 Å². The zero-order valence-corrected chi connectivity index (χ0v) is 13.9. The summed E-state index contributed by atoms with van der Waals surface area (Å²) < 4.78 is 0. The fourth-order valence-electron chi connectivity index (χ4n) is 2.02. The van der Waals surface area contributed by atoms with Gasteiger partial charge in [0.05, 0.1) is 5.25 Å². The van der Waals surface area contributed by atoms with Crippen molar-refractivity contribution in [3.63, 3.8) is 0 Å². The normalized spacial score (nSPS) is 12.0. The largest absolute Gasteiger partial charge is 0.325 e. The van der Waals surface area contributed by atoms with Crippen LogP contribution in [0.2, 0.25) is 0 Å². The van der Waals surface area contributed by atoms with Crippen LogP contribution in [0.15, 0.2) is 34.2 Å². The number of aromatic nitrogens is 2. The first-order valence-corrected chi connectivity index (χ1v) is 7.86. The SMILES string of the molecule is Cc1ccc(NC(=O)[C@H](C)Sc2nc(C)cc(=O)[nH]2)c(C)c1. The van der Waals surface area contributed by atoms with Crippen molar-refractivity contribution in [3.8, 4) is 0 Å². The molecule has 1 atom stereocenters. The van der Waals surface area contributed by atoms with Gasteiger partial charge in [-0.25, -0.2) is 4.98 Å². The maximum absolute atomic E-state index is 12.3. The van der Waals surface area contributed by atoms with E-state index in [1.807, 2.05) is 32.0 Å². The molecule has 0 aliphatic carbocycles. The van der Waals surface area contributed by atoms with Crippen molar-refractivity contribution in [3.05, 3.63) is 51.4 Å². The van der Waals surface area contributed by atoms with Crippen LogP contribution in [0.5, 0.6) is 0 Å². The van der Waals surface area contributed by atoms with Gasteiger partial charge in [-0.1, -0.05) is 29.5 Å². The number of aromatic amines is 1. The van der Waals surface area contributed by atoms with Crippen molar-refractivity contribution < 1.29 is 4.79 Å². The summed E-state index contributed by atoms with van der Waals surface area (Å²) in [5, 5.41) is 2.99. The van der Waals surface area contributed by atoms with Crippen LogP contribution in [-0.4, -0.2) is 21.1 Å². The lowest BCUT2D eigenvalue weighted by Gasteiger charge is -2.13. The van der Waals surface area contributed by atoms with Gasteiger partial charge in [-0.3, -0.25) is 9.59 Å². The second-order valence-electron chi connectivity index (χ2n) is 5.26. The lowest BCUT2D eigenvalue weighted by atomic mass is 10.1. The Kier molecular flexibility index (Phi) is 5.03. The summed E-state index contributed by atoms with van der Waals surface area (Å²) in [5.74, 6) is -0.124. The first kappa shape index (κ1) is 16.3. The standard InChI is InChI=1S/C16H19N3O2S/c1-9-5-6-13(10(2)7-9)18-15(21)12(4)22-16-17-11(3)8-14(20)19-16/h5-8,12H,1-4H3,(H,18,21)(H,17,19,20)/t12-/m0/s1. The van der Waals surface area contributed by atoms with Gasteiger partial charge < -0.3 is 10.3 Å². The van der Waals surface area contributed by atoms with E-state index in [4.69, 9.17) is 0 Å². The minimum Gasteiger partial charge on any atom is -0.325 e. The van der Waals surface area contributed by atoms with E-state index in [1.165, 1.54) is 17.8 Å². The molecule has 6 heteroatoms. The van der Waals surface area contributed by atoms with Crippen molar-refractivity contribution in [2.24, 2.45) is 0 Å². The van der Waals surface area contributed by atoms with E-state index < -0.39 is 0 Å². The van der Waals surface area contributed by atoms with Crippen LogP contribution in [0.25, 0.3) is 0 Å². The van der Waals surface area contributed by atoms with Gasteiger partial charge in [-0.2, -0.15) is 0 Å². The zero-order valence-electron chi connectivity index (χ0n) is 13.1. The highest BCUT2D eigenvalue weighted by atomic mass is 32.2. The number of benzene rings is 1. The predicted octanol–water partition coefficient (Wildman–Crippen LogP) is 2.81.